The number of hydrogen-bond acceptors (Lipinski definition) is 3. The lowest BCUT2D eigenvalue weighted by atomic mass is 10.0. The van der Waals surface area contributed by atoms with Crippen molar-refractivity contribution < 1.29 is 14.7 Å². The fourth-order valence-electron chi connectivity index (χ4n) is 2.42. The fraction of sp³-hybridized carbons (Fsp3) is 0.733. The van der Waals surface area contributed by atoms with E-state index in [-0.39, 0.29) is 0 Å². The lowest BCUT2D eigenvalue weighted by Crippen LogP contribution is -1.98. The van der Waals surface area contributed by atoms with E-state index in [0.29, 0.717) is 6.42 Å². The zero-order valence-corrected chi connectivity index (χ0v) is 11.9. The molecule has 0 spiro atoms. The molecule has 19 heavy (non-hydrogen) atoms. The summed E-state index contributed by atoms with van der Waals surface area (Å²) in [6, 6.07) is 0. The van der Waals surface area contributed by atoms with Crippen LogP contribution in [0.2, 0.25) is 0 Å². The van der Waals surface area contributed by atoms with Crippen molar-refractivity contribution in [2.45, 2.75) is 64.2 Å². The van der Waals surface area contributed by atoms with Gasteiger partial charge in [0.2, 0.25) is 0 Å². The Labute approximate surface area is 115 Å². The molecule has 108 valence electrons. The van der Waals surface area contributed by atoms with Crippen LogP contribution in [0.1, 0.15) is 64.2 Å². The maximum Gasteiger partial charge on any atom is 0.303 e. The predicted octanol–water partition coefficient (Wildman–Crippen LogP) is 3.91. The summed E-state index contributed by atoms with van der Waals surface area (Å²) in [6.45, 7) is 0. The number of carboxylic acid groups (broad SMARTS) is 1. The number of rotatable bonds is 10. The minimum Gasteiger partial charge on any atom is -0.481 e. The van der Waals surface area contributed by atoms with E-state index in [9.17, 15) is 4.79 Å². The van der Waals surface area contributed by atoms with Crippen LogP contribution in [0.4, 0.5) is 0 Å². The molecule has 0 aromatic heterocycles. The Kier molecular flexibility index (Phi) is 7.94. The van der Waals surface area contributed by atoms with E-state index in [4.69, 9.17) is 9.94 Å². The molecule has 4 nitrogen and oxygen atoms in total. The van der Waals surface area contributed by atoms with Crippen LogP contribution in [0.5, 0.6) is 0 Å². The van der Waals surface area contributed by atoms with Crippen molar-refractivity contribution in [3.8, 4) is 0 Å². The number of allylic oxidation sites excluding steroid dienone is 2. The molecule has 0 unspecified atom stereocenters. The molecule has 1 aliphatic rings. The summed E-state index contributed by atoms with van der Waals surface area (Å²) in [7, 11) is 1.60. The third-order valence-corrected chi connectivity index (χ3v) is 3.43. The van der Waals surface area contributed by atoms with Crippen molar-refractivity contribution >= 4 is 11.7 Å². The molecule has 0 aromatic carbocycles. The first-order chi connectivity index (χ1) is 9.24. The van der Waals surface area contributed by atoms with Crippen molar-refractivity contribution in [3.05, 3.63) is 11.6 Å². The van der Waals surface area contributed by atoms with Gasteiger partial charge in [-0.1, -0.05) is 36.9 Å². The van der Waals surface area contributed by atoms with Crippen LogP contribution in [0.15, 0.2) is 16.8 Å². The minimum absolute atomic E-state index is 0.309. The first-order valence-electron chi connectivity index (χ1n) is 7.25. The number of hydrogen-bond donors (Lipinski definition) is 1. The second-order valence-corrected chi connectivity index (χ2v) is 5.00. The summed E-state index contributed by atoms with van der Waals surface area (Å²) >= 11 is 0. The number of carbonyl (C=O) groups is 1. The summed E-state index contributed by atoms with van der Waals surface area (Å²) in [5, 5.41) is 12.6. The van der Waals surface area contributed by atoms with Crippen LogP contribution in [0, 0.1) is 0 Å². The number of carboxylic acids is 1. The molecule has 0 saturated heterocycles. The van der Waals surface area contributed by atoms with Crippen molar-refractivity contribution in [1.82, 2.24) is 0 Å². The molecule has 0 aliphatic heterocycles. The van der Waals surface area contributed by atoms with Gasteiger partial charge in [-0.05, 0) is 37.7 Å². The van der Waals surface area contributed by atoms with Crippen LogP contribution >= 0.6 is 0 Å². The van der Waals surface area contributed by atoms with Crippen LogP contribution in [0.3, 0.4) is 0 Å². The van der Waals surface area contributed by atoms with Gasteiger partial charge in [-0.25, -0.2) is 0 Å². The van der Waals surface area contributed by atoms with Gasteiger partial charge in [-0.2, -0.15) is 0 Å². The van der Waals surface area contributed by atoms with Crippen molar-refractivity contribution in [3.63, 3.8) is 0 Å². The van der Waals surface area contributed by atoms with Gasteiger partial charge in [0, 0.05) is 6.42 Å². The average Bonchev–Trinajstić information content (AvgIpc) is 2.80. The molecular formula is C15H25NO3. The number of oxime groups is 1. The summed E-state index contributed by atoms with van der Waals surface area (Å²) < 4.78 is 0. The quantitative estimate of drug-likeness (QED) is 0.482. The summed E-state index contributed by atoms with van der Waals surface area (Å²) in [5.74, 6) is -0.682. The fourth-order valence-corrected chi connectivity index (χ4v) is 2.42. The number of aliphatic carboxylic acids is 1. The molecule has 1 aliphatic carbocycles. The highest BCUT2D eigenvalue weighted by atomic mass is 16.6. The normalized spacial score (nSPS) is 16.7. The standard InChI is InChI=1S/C15H25NO3/c1-19-16-14-11-8-10-13(14)9-6-4-2-3-5-7-12-15(17)18/h10H,2-9,11-12H2,1H3,(H,17,18). The van der Waals surface area contributed by atoms with Gasteiger partial charge in [-0.15, -0.1) is 0 Å². The number of nitrogens with zero attached hydrogens (tertiary/aromatic N) is 1. The van der Waals surface area contributed by atoms with Crippen LogP contribution < -0.4 is 0 Å². The molecule has 0 amide bonds. The summed E-state index contributed by atoms with van der Waals surface area (Å²) in [6.07, 6.45) is 12.4. The lowest BCUT2D eigenvalue weighted by Gasteiger charge is -2.04. The summed E-state index contributed by atoms with van der Waals surface area (Å²) in [5.41, 5.74) is 2.47. The van der Waals surface area contributed by atoms with Crippen molar-refractivity contribution in [2.75, 3.05) is 7.11 Å². The Balaban J connectivity index is 1.99. The molecule has 0 aromatic rings. The second-order valence-electron chi connectivity index (χ2n) is 5.00. The Bertz CT molecular complexity index is 334. The topological polar surface area (TPSA) is 58.9 Å². The Morgan fingerprint density at radius 3 is 2.63 bits per heavy atom. The Morgan fingerprint density at radius 1 is 1.26 bits per heavy atom. The SMILES string of the molecule is CON=C1CCC=C1CCCCCCCCC(=O)O. The van der Waals surface area contributed by atoms with E-state index in [1.54, 1.807) is 7.11 Å². The molecule has 0 radical (unpaired) electrons. The molecule has 0 bridgehead atoms. The Morgan fingerprint density at radius 2 is 1.95 bits per heavy atom. The molecule has 0 heterocycles. The smallest absolute Gasteiger partial charge is 0.303 e. The highest BCUT2D eigenvalue weighted by Gasteiger charge is 2.13. The molecule has 4 heteroatoms. The second kappa shape index (κ2) is 9.59. The van der Waals surface area contributed by atoms with Gasteiger partial charge in [0.15, 0.2) is 0 Å². The zero-order valence-electron chi connectivity index (χ0n) is 11.9. The predicted molar refractivity (Wildman–Crippen MR) is 76.3 cm³/mol. The molecule has 1 N–H and O–H groups in total. The number of unbranched alkanes of at least 4 members (excludes halogenated alkanes) is 5. The average molecular weight is 267 g/mol. The molecule has 0 saturated carbocycles. The molecule has 0 atom stereocenters. The largest absolute Gasteiger partial charge is 0.481 e. The zero-order chi connectivity index (χ0) is 13.9. The third-order valence-electron chi connectivity index (χ3n) is 3.43. The van der Waals surface area contributed by atoms with Gasteiger partial charge in [0.05, 0.1) is 5.71 Å². The first kappa shape index (κ1) is 15.7. The van der Waals surface area contributed by atoms with E-state index >= 15 is 0 Å². The summed E-state index contributed by atoms with van der Waals surface area (Å²) in [4.78, 5) is 15.2. The van der Waals surface area contributed by atoms with Crippen molar-refractivity contribution in [2.24, 2.45) is 5.16 Å². The maximum atomic E-state index is 10.3. The minimum atomic E-state index is -0.682. The van der Waals surface area contributed by atoms with E-state index in [0.717, 1.165) is 44.2 Å². The third kappa shape index (κ3) is 6.99. The van der Waals surface area contributed by atoms with Gasteiger partial charge in [0.1, 0.15) is 7.11 Å². The maximum absolute atomic E-state index is 10.3. The first-order valence-corrected chi connectivity index (χ1v) is 7.25. The van der Waals surface area contributed by atoms with Crippen LogP contribution in [0.25, 0.3) is 0 Å². The molecule has 1 rings (SSSR count). The van der Waals surface area contributed by atoms with Crippen LogP contribution in [-0.2, 0) is 9.63 Å². The van der Waals surface area contributed by atoms with Gasteiger partial charge in [0.25, 0.3) is 0 Å². The van der Waals surface area contributed by atoms with Gasteiger partial charge in [-0.3, -0.25) is 4.79 Å². The van der Waals surface area contributed by atoms with Gasteiger partial charge < -0.3 is 9.94 Å². The van der Waals surface area contributed by atoms with E-state index in [1.165, 1.54) is 24.8 Å². The van der Waals surface area contributed by atoms with E-state index in [2.05, 4.69) is 11.2 Å². The highest BCUT2D eigenvalue weighted by molar-refractivity contribution is 6.01. The molecule has 0 fully saturated rings. The molecular weight excluding hydrogens is 242 g/mol. The van der Waals surface area contributed by atoms with E-state index < -0.39 is 5.97 Å². The highest BCUT2D eigenvalue weighted by Crippen LogP contribution is 2.21. The lowest BCUT2D eigenvalue weighted by molar-refractivity contribution is -0.137. The van der Waals surface area contributed by atoms with Gasteiger partial charge >= 0.3 is 5.97 Å². The Hall–Kier alpha value is -1.32. The van der Waals surface area contributed by atoms with Crippen LogP contribution in [-0.4, -0.2) is 23.9 Å². The van der Waals surface area contributed by atoms with Crippen molar-refractivity contribution in [1.29, 1.82) is 0 Å². The van der Waals surface area contributed by atoms with E-state index in [1.807, 2.05) is 0 Å². The monoisotopic (exact) mass is 267 g/mol.